The molecule has 2 aromatic heterocycles. The van der Waals surface area contributed by atoms with E-state index in [0.29, 0.717) is 13.2 Å². The quantitative estimate of drug-likeness (QED) is 0.0786. The van der Waals surface area contributed by atoms with Gasteiger partial charge in [-0.15, -0.1) is 11.3 Å². The van der Waals surface area contributed by atoms with Crippen molar-refractivity contribution in [3.05, 3.63) is 360 Å². The lowest BCUT2D eigenvalue weighted by Gasteiger charge is -2.34. The predicted molar refractivity (Wildman–Crippen MR) is 446 cm³/mol. The SMILES string of the molecule is CCOc1ccccc1-c1ccccc1-c1ccc2c3ccc(-c4ccccc4-c4ccccc4OCC)cc3c3nc4c(-c5cccc6c5-c5ccccc5C6(c5ccc(OC)cc5)c5ccc(OC)cc5)sc(-c5cccc6c5-c5ccccc5C6(c5ccc(OC)cc5)c5ccc(OC)cc5)c4nc3c2c1. The van der Waals surface area contributed by atoms with Crippen LogP contribution < -0.4 is 28.4 Å². The van der Waals surface area contributed by atoms with Crippen molar-refractivity contribution in [2.24, 2.45) is 0 Å². The normalized spacial score (nSPS) is 12.9. The van der Waals surface area contributed by atoms with Crippen LogP contribution in [-0.2, 0) is 10.8 Å². The summed E-state index contributed by atoms with van der Waals surface area (Å²) in [5.74, 6) is 4.80. The van der Waals surface area contributed by atoms with Gasteiger partial charge in [0.1, 0.15) is 45.5 Å². The number of hydrogen-bond acceptors (Lipinski definition) is 9. The van der Waals surface area contributed by atoms with Gasteiger partial charge in [0, 0.05) is 33.0 Å². The van der Waals surface area contributed by atoms with Crippen molar-refractivity contribution < 1.29 is 28.4 Å². The first kappa shape index (κ1) is 66.6. The molecule has 0 aliphatic heterocycles. The zero-order valence-electron chi connectivity index (χ0n) is 61.2. The summed E-state index contributed by atoms with van der Waals surface area (Å²) in [7, 11) is 6.90. The van der Waals surface area contributed by atoms with Crippen molar-refractivity contribution >= 4 is 54.9 Å². The topological polar surface area (TPSA) is 81.2 Å². The lowest BCUT2D eigenvalue weighted by molar-refractivity contribution is 0.341. The van der Waals surface area contributed by atoms with Crippen LogP contribution in [0.1, 0.15) is 58.4 Å². The summed E-state index contributed by atoms with van der Waals surface area (Å²) in [6, 6.07) is 114. The average molecular weight is 1430 g/mol. The number of para-hydroxylation sites is 2. The number of aromatic nitrogens is 2. The number of ether oxygens (including phenoxy) is 6. The molecule has 0 N–H and O–H groups in total. The number of benzene rings is 15. The second kappa shape index (κ2) is 27.1. The Labute approximate surface area is 637 Å². The Morgan fingerprint density at radius 3 is 0.917 bits per heavy atom. The molecule has 109 heavy (non-hydrogen) atoms. The lowest BCUT2D eigenvalue weighted by atomic mass is 9.67. The number of methoxy groups -OCH3 is 4. The van der Waals surface area contributed by atoms with E-state index in [1.807, 2.05) is 26.0 Å². The summed E-state index contributed by atoms with van der Waals surface area (Å²) in [4.78, 5) is 14.7. The van der Waals surface area contributed by atoms with Crippen LogP contribution in [0.2, 0.25) is 0 Å². The fraction of sp³-hybridized carbons (Fsp3) is 0.100. The third-order valence-corrected chi connectivity index (χ3v) is 23.8. The molecular formula is C100H74N2O6S. The molecule has 9 heteroatoms. The summed E-state index contributed by atoms with van der Waals surface area (Å²) in [5, 5.41) is 4.10. The van der Waals surface area contributed by atoms with Gasteiger partial charge in [0.25, 0.3) is 0 Å². The number of fused-ring (bicyclic) bond motifs is 13. The van der Waals surface area contributed by atoms with E-state index in [1.165, 1.54) is 11.1 Å². The molecule has 0 bridgehead atoms. The lowest BCUT2D eigenvalue weighted by Crippen LogP contribution is -2.28. The van der Waals surface area contributed by atoms with E-state index in [4.69, 9.17) is 38.4 Å². The van der Waals surface area contributed by atoms with Gasteiger partial charge < -0.3 is 28.4 Å². The maximum Gasteiger partial charge on any atom is 0.127 e. The van der Waals surface area contributed by atoms with Gasteiger partial charge in [-0.1, -0.05) is 243 Å². The number of thiophene rings is 1. The van der Waals surface area contributed by atoms with E-state index >= 15 is 0 Å². The van der Waals surface area contributed by atoms with Crippen LogP contribution in [0.5, 0.6) is 34.5 Å². The van der Waals surface area contributed by atoms with Gasteiger partial charge in [0.15, 0.2) is 0 Å². The van der Waals surface area contributed by atoms with Crippen LogP contribution >= 0.6 is 11.3 Å². The molecule has 2 aliphatic rings. The first-order chi connectivity index (χ1) is 53.8. The summed E-state index contributed by atoms with van der Waals surface area (Å²) in [6.07, 6.45) is 0. The first-order valence-electron chi connectivity index (χ1n) is 37.1. The van der Waals surface area contributed by atoms with Crippen molar-refractivity contribution in [2.45, 2.75) is 24.7 Å². The van der Waals surface area contributed by atoms with Crippen molar-refractivity contribution in [3.63, 3.8) is 0 Å². The molecule has 8 nitrogen and oxygen atoms in total. The molecule has 15 aromatic carbocycles. The van der Waals surface area contributed by atoms with Crippen molar-refractivity contribution in [3.8, 4) is 122 Å². The zero-order valence-corrected chi connectivity index (χ0v) is 62.0. The number of rotatable bonds is 18. The van der Waals surface area contributed by atoms with Gasteiger partial charge >= 0.3 is 0 Å². The average Bonchev–Trinajstić information content (AvgIpc) is 1.54. The van der Waals surface area contributed by atoms with Crippen LogP contribution in [0.15, 0.2) is 315 Å². The summed E-state index contributed by atoms with van der Waals surface area (Å²) in [5.41, 5.74) is 25.8. The molecule has 0 spiro atoms. The van der Waals surface area contributed by atoms with Crippen LogP contribution in [-0.4, -0.2) is 51.6 Å². The highest BCUT2D eigenvalue weighted by Gasteiger charge is 2.49. The molecule has 0 saturated carbocycles. The molecule has 2 heterocycles. The van der Waals surface area contributed by atoms with Crippen LogP contribution in [0.3, 0.4) is 0 Å². The van der Waals surface area contributed by atoms with Crippen molar-refractivity contribution in [2.75, 3.05) is 41.7 Å². The van der Waals surface area contributed by atoms with Crippen LogP contribution in [0, 0.1) is 0 Å². The minimum Gasteiger partial charge on any atom is -0.497 e. The van der Waals surface area contributed by atoms with E-state index in [9.17, 15) is 0 Å². The van der Waals surface area contributed by atoms with E-state index in [0.717, 1.165) is 199 Å². The highest BCUT2D eigenvalue weighted by molar-refractivity contribution is 7.21. The second-order valence-corrected chi connectivity index (χ2v) is 28.8. The highest BCUT2D eigenvalue weighted by atomic mass is 32.1. The minimum atomic E-state index is -0.780. The third kappa shape index (κ3) is 10.4. The Hall–Kier alpha value is -13.1. The molecular weight excluding hydrogens is 1360 g/mol. The van der Waals surface area contributed by atoms with Crippen molar-refractivity contribution in [1.82, 2.24) is 9.97 Å². The Morgan fingerprint density at radius 1 is 0.266 bits per heavy atom. The summed E-state index contributed by atoms with van der Waals surface area (Å²) in [6.45, 7) is 5.16. The molecule has 0 radical (unpaired) electrons. The molecule has 0 amide bonds. The van der Waals surface area contributed by atoms with Crippen molar-refractivity contribution in [1.29, 1.82) is 0 Å². The molecule has 0 saturated heterocycles. The third-order valence-electron chi connectivity index (χ3n) is 22.5. The molecule has 0 atom stereocenters. The number of nitrogens with zero attached hydrogens (tertiary/aromatic N) is 2. The maximum absolute atomic E-state index is 6.36. The summed E-state index contributed by atoms with van der Waals surface area (Å²) < 4.78 is 36.2. The Balaban J connectivity index is 0.953. The number of hydrogen-bond donors (Lipinski definition) is 0. The van der Waals surface area contributed by atoms with Crippen LogP contribution in [0.25, 0.3) is 131 Å². The second-order valence-electron chi connectivity index (χ2n) is 27.8. The monoisotopic (exact) mass is 1430 g/mol. The smallest absolute Gasteiger partial charge is 0.127 e. The largest absolute Gasteiger partial charge is 0.497 e. The zero-order chi connectivity index (χ0) is 73.5. The fourth-order valence-corrected chi connectivity index (χ4v) is 19.1. The molecule has 17 aromatic rings. The van der Waals surface area contributed by atoms with Gasteiger partial charge in [-0.3, -0.25) is 0 Å². The Morgan fingerprint density at radius 2 is 0.569 bits per heavy atom. The predicted octanol–water partition coefficient (Wildman–Crippen LogP) is 24.7. The van der Waals surface area contributed by atoms with Gasteiger partial charge in [0.2, 0.25) is 0 Å². The van der Waals surface area contributed by atoms with E-state index in [-0.39, 0.29) is 0 Å². The molecule has 0 unspecified atom stereocenters. The highest BCUT2D eigenvalue weighted by Crippen LogP contribution is 2.63. The molecule has 19 rings (SSSR count). The van der Waals surface area contributed by atoms with Gasteiger partial charge in [0.05, 0.1) is 73.3 Å². The minimum absolute atomic E-state index is 0.542. The van der Waals surface area contributed by atoms with Crippen LogP contribution in [0.4, 0.5) is 0 Å². The van der Waals surface area contributed by atoms with Gasteiger partial charge in [-0.2, -0.15) is 0 Å². The van der Waals surface area contributed by atoms with Gasteiger partial charge in [-0.25, -0.2) is 9.97 Å². The Bertz CT molecular complexity index is 5960. The molecule has 526 valence electrons. The Kier molecular flexibility index (Phi) is 16.5. The van der Waals surface area contributed by atoms with E-state index < -0.39 is 10.8 Å². The fourth-order valence-electron chi connectivity index (χ4n) is 17.8. The first-order valence-corrected chi connectivity index (χ1v) is 37.9. The summed E-state index contributed by atoms with van der Waals surface area (Å²) >= 11 is 1.78. The molecule has 2 aliphatic carbocycles. The molecule has 0 fully saturated rings. The standard InChI is InChI=1S/C100H74N2O6S/c1-7-107-89-37-19-15-27-77(89)73-25-11-9-23-71(73)61-39-57-75-76-58-40-62(72-24-10-12-26-74(72)78-28-16-20-38-90(78)108-8-2)60-84(76)94-93(83(75)59-61)101-95-96(102-94)98(82-32-22-36-88-92(82)80-30-14-18-34-86(80)100(88,65-45-53-69(105-5)54-46-65)66-47-55-70(106-6)56-48-66)109-97(95)81-31-21-35-87-91(81)79-29-13-17-33-85(79)99(87,63-41-49-67(103-3)50-42-63)64-43-51-68(104-4)52-44-64/h9-60H,7-8H2,1-6H3. The van der Waals surface area contributed by atoms with E-state index in [2.05, 4.69) is 303 Å². The van der Waals surface area contributed by atoms with E-state index in [1.54, 1.807) is 39.8 Å². The van der Waals surface area contributed by atoms with Gasteiger partial charge in [-0.05, 0) is 198 Å². The maximum atomic E-state index is 6.36.